The highest BCUT2D eigenvalue weighted by Gasteiger charge is 1.99. The lowest BCUT2D eigenvalue weighted by molar-refractivity contribution is 0.224. The standard InChI is InChI=1S/C8H16O/c1-3-5-6-8(4-2)7-9/h3,5,8-9H,4,6-7H2,1-2H3/b5-3-/t8-/m0/s1. The minimum Gasteiger partial charge on any atom is -0.396 e. The van der Waals surface area contributed by atoms with Crippen molar-refractivity contribution in [2.24, 2.45) is 5.92 Å². The Bertz CT molecular complexity index is 72.6. The Hall–Kier alpha value is -0.300. The van der Waals surface area contributed by atoms with Crippen molar-refractivity contribution in [3.05, 3.63) is 12.2 Å². The lowest BCUT2D eigenvalue weighted by Crippen LogP contribution is -2.01. The van der Waals surface area contributed by atoms with Crippen molar-refractivity contribution in [1.29, 1.82) is 0 Å². The molecule has 0 aliphatic rings. The van der Waals surface area contributed by atoms with Gasteiger partial charge in [-0.3, -0.25) is 0 Å². The predicted octanol–water partition coefficient (Wildman–Crippen LogP) is 1.97. The summed E-state index contributed by atoms with van der Waals surface area (Å²) in [5.74, 6) is 0.473. The molecule has 0 spiro atoms. The number of aliphatic hydroxyl groups excluding tert-OH is 1. The van der Waals surface area contributed by atoms with Crippen LogP contribution in [0.25, 0.3) is 0 Å². The maximum absolute atomic E-state index is 8.72. The molecule has 0 saturated heterocycles. The quantitative estimate of drug-likeness (QED) is 0.574. The highest BCUT2D eigenvalue weighted by atomic mass is 16.3. The summed E-state index contributed by atoms with van der Waals surface area (Å²) in [5.41, 5.74) is 0. The zero-order valence-corrected chi connectivity index (χ0v) is 6.30. The van der Waals surface area contributed by atoms with Gasteiger partial charge in [-0.1, -0.05) is 25.5 Å². The monoisotopic (exact) mass is 128 g/mol. The zero-order chi connectivity index (χ0) is 7.11. The van der Waals surface area contributed by atoms with Gasteiger partial charge in [0.25, 0.3) is 0 Å². The Kier molecular flexibility index (Phi) is 5.64. The van der Waals surface area contributed by atoms with E-state index in [1.54, 1.807) is 0 Å². The van der Waals surface area contributed by atoms with Crippen molar-refractivity contribution < 1.29 is 5.11 Å². The maximum atomic E-state index is 8.72. The fourth-order valence-electron chi connectivity index (χ4n) is 0.699. The van der Waals surface area contributed by atoms with Crippen molar-refractivity contribution in [3.8, 4) is 0 Å². The van der Waals surface area contributed by atoms with E-state index in [2.05, 4.69) is 13.0 Å². The molecule has 0 heterocycles. The molecule has 0 radical (unpaired) electrons. The minimum atomic E-state index is 0.320. The van der Waals surface area contributed by atoms with Crippen LogP contribution in [0, 0.1) is 5.92 Å². The number of allylic oxidation sites excluding steroid dienone is 2. The molecule has 0 saturated carbocycles. The molecule has 54 valence electrons. The van der Waals surface area contributed by atoms with Crippen molar-refractivity contribution in [2.75, 3.05) is 6.61 Å². The Morgan fingerprint density at radius 1 is 1.56 bits per heavy atom. The second-order valence-corrected chi connectivity index (χ2v) is 2.26. The summed E-state index contributed by atoms with van der Waals surface area (Å²) in [6.07, 6.45) is 6.22. The van der Waals surface area contributed by atoms with Crippen molar-refractivity contribution >= 4 is 0 Å². The van der Waals surface area contributed by atoms with Crippen molar-refractivity contribution in [2.45, 2.75) is 26.7 Å². The summed E-state index contributed by atoms with van der Waals surface area (Å²) in [5, 5.41) is 8.72. The van der Waals surface area contributed by atoms with E-state index in [1.165, 1.54) is 0 Å². The van der Waals surface area contributed by atoms with Crippen LogP contribution in [0.1, 0.15) is 26.7 Å². The molecule has 9 heavy (non-hydrogen) atoms. The highest BCUT2D eigenvalue weighted by Crippen LogP contribution is 2.06. The normalized spacial score (nSPS) is 14.6. The van der Waals surface area contributed by atoms with E-state index in [-0.39, 0.29) is 0 Å². The summed E-state index contributed by atoms with van der Waals surface area (Å²) >= 11 is 0. The summed E-state index contributed by atoms with van der Waals surface area (Å²) in [7, 11) is 0. The van der Waals surface area contributed by atoms with Crippen LogP contribution in [0.4, 0.5) is 0 Å². The van der Waals surface area contributed by atoms with Gasteiger partial charge in [-0.15, -0.1) is 0 Å². The van der Waals surface area contributed by atoms with E-state index in [0.29, 0.717) is 12.5 Å². The van der Waals surface area contributed by atoms with E-state index in [1.807, 2.05) is 13.0 Å². The molecule has 0 aromatic carbocycles. The fourth-order valence-corrected chi connectivity index (χ4v) is 0.699. The van der Waals surface area contributed by atoms with Crippen LogP contribution in [-0.2, 0) is 0 Å². The molecule has 1 N–H and O–H groups in total. The van der Waals surface area contributed by atoms with Crippen LogP contribution >= 0.6 is 0 Å². The van der Waals surface area contributed by atoms with Crippen LogP contribution in [0.3, 0.4) is 0 Å². The molecule has 1 atom stereocenters. The number of rotatable bonds is 4. The molecule has 1 nitrogen and oxygen atoms in total. The lowest BCUT2D eigenvalue weighted by atomic mass is 10.0. The first-order valence-corrected chi connectivity index (χ1v) is 3.57. The van der Waals surface area contributed by atoms with Crippen LogP contribution in [0.2, 0.25) is 0 Å². The maximum Gasteiger partial charge on any atom is 0.0462 e. The molecule has 1 heteroatoms. The number of aliphatic hydroxyl groups is 1. The first-order valence-electron chi connectivity index (χ1n) is 3.57. The average molecular weight is 128 g/mol. The number of hydrogen-bond donors (Lipinski definition) is 1. The molecular weight excluding hydrogens is 112 g/mol. The Balaban J connectivity index is 3.31. The SMILES string of the molecule is C/C=C\C[C@H](CC)CO. The summed E-state index contributed by atoms with van der Waals surface area (Å²) in [6, 6.07) is 0. The van der Waals surface area contributed by atoms with Gasteiger partial charge in [-0.25, -0.2) is 0 Å². The highest BCUT2D eigenvalue weighted by molar-refractivity contribution is 4.79. The van der Waals surface area contributed by atoms with Gasteiger partial charge >= 0.3 is 0 Å². The van der Waals surface area contributed by atoms with Crippen LogP contribution in [0.5, 0.6) is 0 Å². The fraction of sp³-hybridized carbons (Fsp3) is 0.750. The van der Waals surface area contributed by atoms with Gasteiger partial charge in [-0.2, -0.15) is 0 Å². The van der Waals surface area contributed by atoms with Crippen LogP contribution in [0.15, 0.2) is 12.2 Å². The molecule has 0 unspecified atom stereocenters. The van der Waals surface area contributed by atoms with Gasteiger partial charge < -0.3 is 5.11 Å². The molecule has 0 amide bonds. The third-order valence-electron chi connectivity index (χ3n) is 1.54. The average Bonchev–Trinajstić information content (AvgIpc) is 1.91. The first kappa shape index (κ1) is 8.70. The summed E-state index contributed by atoms with van der Waals surface area (Å²) < 4.78 is 0. The Morgan fingerprint density at radius 2 is 2.22 bits per heavy atom. The second kappa shape index (κ2) is 5.83. The van der Waals surface area contributed by atoms with Gasteiger partial charge in [0, 0.05) is 6.61 Å². The predicted molar refractivity (Wildman–Crippen MR) is 40.3 cm³/mol. The molecule has 0 aliphatic carbocycles. The van der Waals surface area contributed by atoms with E-state index in [4.69, 9.17) is 5.11 Å². The lowest BCUT2D eigenvalue weighted by Gasteiger charge is -2.05. The van der Waals surface area contributed by atoms with Gasteiger partial charge in [0.2, 0.25) is 0 Å². The Labute approximate surface area is 57.4 Å². The van der Waals surface area contributed by atoms with Crippen molar-refractivity contribution in [3.63, 3.8) is 0 Å². The number of hydrogen-bond acceptors (Lipinski definition) is 1. The first-order chi connectivity index (χ1) is 4.35. The minimum absolute atomic E-state index is 0.320. The van der Waals surface area contributed by atoms with Crippen LogP contribution in [-0.4, -0.2) is 11.7 Å². The van der Waals surface area contributed by atoms with Gasteiger partial charge in [-0.05, 0) is 19.3 Å². The summed E-state index contributed by atoms with van der Waals surface area (Å²) in [4.78, 5) is 0. The van der Waals surface area contributed by atoms with E-state index in [0.717, 1.165) is 12.8 Å². The third kappa shape index (κ3) is 4.22. The largest absolute Gasteiger partial charge is 0.396 e. The molecule has 0 aromatic heterocycles. The van der Waals surface area contributed by atoms with E-state index >= 15 is 0 Å². The smallest absolute Gasteiger partial charge is 0.0462 e. The molecule has 0 rings (SSSR count). The van der Waals surface area contributed by atoms with Crippen molar-refractivity contribution in [1.82, 2.24) is 0 Å². The van der Waals surface area contributed by atoms with Gasteiger partial charge in [0.15, 0.2) is 0 Å². The topological polar surface area (TPSA) is 20.2 Å². The molecule has 0 fully saturated rings. The van der Waals surface area contributed by atoms with E-state index < -0.39 is 0 Å². The summed E-state index contributed by atoms with van der Waals surface area (Å²) in [6.45, 7) is 4.43. The second-order valence-electron chi connectivity index (χ2n) is 2.26. The third-order valence-corrected chi connectivity index (χ3v) is 1.54. The zero-order valence-electron chi connectivity index (χ0n) is 6.30. The van der Waals surface area contributed by atoms with Gasteiger partial charge in [0.1, 0.15) is 0 Å². The van der Waals surface area contributed by atoms with Crippen LogP contribution < -0.4 is 0 Å². The molecule has 0 aromatic rings. The van der Waals surface area contributed by atoms with Gasteiger partial charge in [0.05, 0.1) is 0 Å². The van der Waals surface area contributed by atoms with E-state index in [9.17, 15) is 0 Å². The Morgan fingerprint density at radius 3 is 2.56 bits per heavy atom. The molecular formula is C8H16O. The molecule has 0 aliphatic heterocycles. The molecule has 0 bridgehead atoms.